The molecule has 0 spiro atoms. The van der Waals surface area contributed by atoms with E-state index in [1.165, 1.54) is 0 Å². The van der Waals surface area contributed by atoms with Crippen LogP contribution in [-0.2, 0) is 11.2 Å². The first-order valence-corrected chi connectivity index (χ1v) is 7.19. The third-order valence-corrected chi connectivity index (χ3v) is 3.25. The normalized spacial score (nSPS) is 9.92. The zero-order valence-corrected chi connectivity index (χ0v) is 13.5. The average molecular weight is 329 g/mol. The number of methoxy groups -OCH3 is 2. The molecule has 0 saturated carbocycles. The molecule has 0 bridgehead atoms. The smallest absolute Gasteiger partial charge is 0.316 e. The van der Waals surface area contributed by atoms with Crippen LogP contribution in [0.2, 0.25) is 0 Å². The molecule has 0 aliphatic rings. The summed E-state index contributed by atoms with van der Waals surface area (Å²) < 4.78 is 10.4. The molecule has 4 N–H and O–H groups in total. The van der Waals surface area contributed by atoms with E-state index in [0.29, 0.717) is 22.9 Å². The first-order valence-electron chi connectivity index (χ1n) is 7.19. The molecule has 0 heterocycles. The van der Waals surface area contributed by atoms with Gasteiger partial charge in [0.05, 0.1) is 20.6 Å². The van der Waals surface area contributed by atoms with Gasteiger partial charge >= 0.3 is 6.03 Å². The molecule has 126 valence electrons. The molecule has 2 aromatic carbocycles. The summed E-state index contributed by atoms with van der Waals surface area (Å²) in [7, 11) is 3.10. The molecule has 2 rings (SSSR count). The molecule has 3 amide bonds. The fraction of sp³-hybridized carbons (Fsp3) is 0.176. The molecule has 0 aliphatic carbocycles. The van der Waals surface area contributed by atoms with Crippen molar-refractivity contribution in [2.24, 2.45) is 5.73 Å². The van der Waals surface area contributed by atoms with Crippen LogP contribution in [0.3, 0.4) is 0 Å². The van der Waals surface area contributed by atoms with E-state index < -0.39 is 6.03 Å². The molecule has 0 aromatic heterocycles. The van der Waals surface area contributed by atoms with Gasteiger partial charge in [0.1, 0.15) is 0 Å². The molecular formula is C17H19N3O4. The SMILES string of the molecule is COc1ccc(CC(=O)Nc2ccc(NC(N)=O)cc2)cc1OC. The highest BCUT2D eigenvalue weighted by Gasteiger charge is 2.09. The number of rotatable bonds is 6. The lowest BCUT2D eigenvalue weighted by Gasteiger charge is -2.10. The Morgan fingerprint density at radius 2 is 1.50 bits per heavy atom. The maximum atomic E-state index is 12.1. The van der Waals surface area contributed by atoms with Crippen LogP contribution in [0.5, 0.6) is 11.5 Å². The van der Waals surface area contributed by atoms with Crippen LogP contribution >= 0.6 is 0 Å². The molecule has 0 fully saturated rings. The topological polar surface area (TPSA) is 103 Å². The van der Waals surface area contributed by atoms with Crippen molar-refractivity contribution in [3.8, 4) is 11.5 Å². The third-order valence-electron chi connectivity index (χ3n) is 3.25. The van der Waals surface area contributed by atoms with E-state index in [1.807, 2.05) is 0 Å². The zero-order chi connectivity index (χ0) is 17.5. The summed E-state index contributed by atoms with van der Waals surface area (Å²) in [6.07, 6.45) is 0.196. The van der Waals surface area contributed by atoms with Gasteiger partial charge in [0.15, 0.2) is 11.5 Å². The highest BCUT2D eigenvalue weighted by atomic mass is 16.5. The van der Waals surface area contributed by atoms with Gasteiger partial charge in [-0.2, -0.15) is 0 Å². The Morgan fingerprint density at radius 3 is 2.04 bits per heavy atom. The second-order valence-corrected chi connectivity index (χ2v) is 4.98. The van der Waals surface area contributed by atoms with Crippen molar-refractivity contribution in [3.63, 3.8) is 0 Å². The van der Waals surface area contributed by atoms with Crippen molar-refractivity contribution >= 4 is 23.3 Å². The Balaban J connectivity index is 1.99. The summed E-state index contributed by atoms with van der Waals surface area (Å²) in [5.41, 5.74) is 7.01. The Morgan fingerprint density at radius 1 is 0.917 bits per heavy atom. The zero-order valence-electron chi connectivity index (χ0n) is 13.5. The van der Waals surface area contributed by atoms with Crippen LogP contribution < -0.4 is 25.8 Å². The summed E-state index contributed by atoms with van der Waals surface area (Å²) in [4.78, 5) is 22.9. The molecule has 2 aromatic rings. The van der Waals surface area contributed by atoms with E-state index in [2.05, 4.69) is 10.6 Å². The van der Waals surface area contributed by atoms with Gasteiger partial charge < -0.3 is 25.8 Å². The summed E-state index contributed by atoms with van der Waals surface area (Å²) in [5, 5.41) is 5.23. The predicted molar refractivity (Wildman–Crippen MR) is 91.5 cm³/mol. The number of nitrogens with one attached hydrogen (secondary N) is 2. The van der Waals surface area contributed by atoms with E-state index in [-0.39, 0.29) is 12.3 Å². The van der Waals surface area contributed by atoms with Gasteiger partial charge in [0.25, 0.3) is 0 Å². The van der Waals surface area contributed by atoms with Gasteiger partial charge in [-0.05, 0) is 42.0 Å². The number of carbonyl (C=O) groups is 2. The number of amides is 3. The number of anilines is 2. The van der Waals surface area contributed by atoms with Crippen LogP contribution in [0.1, 0.15) is 5.56 Å². The van der Waals surface area contributed by atoms with Crippen LogP contribution in [0.15, 0.2) is 42.5 Å². The Hall–Kier alpha value is -3.22. The number of urea groups is 1. The first-order chi connectivity index (χ1) is 11.5. The van der Waals surface area contributed by atoms with Crippen LogP contribution in [0.25, 0.3) is 0 Å². The molecule has 7 nitrogen and oxygen atoms in total. The molecule has 7 heteroatoms. The van der Waals surface area contributed by atoms with E-state index >= 15 is 0 Å². The minimum absolute atomic E-state index is 0.169. The first kappa shape index (κ1) is 17.1. The van der Waals surface area contributed by atoms with Crippen molar-refractivity contribution in [1.29, 1.82) is 0 Å². The number of nitrogens with two attached hydrogens (primary N) is 1. The minimum atomic E-state index is -0.639. The number of hydrogen-bond acceptors (Lipinski definition) is 4. The second-order valence-electron chi connectivity index (χ2n) is 4.98. The average Bonchev–Trinajstić information content (AvgIpc) is 2.56. The van der Waals surface area contributed by atoms with E-state index in [9.17, 15) is 9.59 Å². The van der Waals surface area contributed by atoms with Gasteiger partial charge in [0, 0.05) is 11.4 Å². The quantitative estimate of drug-likeness (QED) is 0.757. The Bertz CT molecular complexity index is 729. The number of benzene rings is 2. The van der Waals surface area contributed by atoms with Crippen molar-refractivity contribution in [1.82, 2.24) is 0 Å². The van der Waals surface area contributed by atoms with Gasteiger partial charge in [-0.3, -0.25) is 4.79 Å². The van der Waals surface area contributed by atoms with E-state index in [1.54, 1.807) is 56.7 Å². The minimum Gasteiger partial charge on any atom is -0.493 e. The number of primary amides is 1. The van der Waals surface area contributed by atoms with Gasteiger partial charge in [0.2, 0.25) is 5.91 Å². The summed E-state index contributed by atoms with van der Waals surface area (Å²) in [6, 6.07) is 11.3. The lowest BCUT2D eigenvalue weighted by Crippen LogP contribution is -2.19. The van der Waals surface area contributed by atoms with Crippen molar-refractivity contribution in [3.05, 3.63) is 48.0 Å². The van der Waals surface area contributed by atoms with Crippen molar-refractivity contribution < 1.29 is 19.1 Å². The molecular weight excluding hydrogens is 310 g/mol. The monoisotopic (exact) mass is 329 g/mol. The van der Waals surface area contributed by atoms with Crippen LogP contribution in [-0.4, -0.2) is 26.2 Å². The van der Waals surface area contributed by atoms with Crippen molar-refractivity contribution in [2.75, 3.05) is 24.9 Å². The van der Waals surface area contributed by atoms with Crippen LogP contribution in [0, 0.1) is 0 Å². The Labute approximate surface area is 139 Å². The standard InChI is InChI=1S/C17H19N3O4/c1-23-14-8-3-11(9-15(14)24-2)10-16(21)19-12-4-6-13(7-5-12)20-17(18)22/h3-9H,10H2,1-2H3,(H,19,21)(H3,18,20,22). The second kappa shape index (κ2) is 7.87. The fourth-order valence-corrected chi connectivity index (χ4v) is 2.16. The van der Waals surface area contributed by atoms with Gasteiger partial charge in [-0.1, -0.05) is 6.07 Å². The van der Waals surface area contributed by atoms with Gasteiger partial charge in [-0.25, -0.2) is 4.79 Å². The number of carbonyl (C=O) groups excluding carboxylic acids is 2. The molecule has 0 unspecified atom stereocenters. The lowest BCUT2D eigenvalue weighted by atomic mass is 10.1. The lowest BCUT2D eigenvalue weighted by molar-refractivity contribution is -0.115. The molecule has 0 aliphatic heterocycles. The largest absolute Gasteiger partial charge is 0.493 e. The fourth-order valence-electron chi connectivity index (χ4n) is 2.16. The molecule has 24 heavy (non-hydrogen) atoms. The van der Waals surface area contributed by atoms with E-state index in [4.69, 9.17) is 15.2 Å². The highest BCUT2D eigenvalue weighted by molar-refractivity contribution is 5.93. The maximum absolute atomic E-state index is 12.1. The van der Waals surface area contributed by atoms with Gasteiger partial charge in [-0.15, -0.1) is 0 Å². The summed E-state index contributed by atoms with van der Waals surface area (Å²) in [6.45, 7) is 0. The third kappa shape index (κ3) is 4.64. The molecule has 0 radical (unpaired) electrons. The number of ether oxygens (including phenoxy) is 2. The van der Waals surface area contributed by atoms with E-state index in [0.717, 1.165) is 5.56 Å². The van der Waals surface area contributed by atoms with Crippen molar-refractivity contribution in [2.45, 2.75) is 6.42 Å². The molecule has 0 saturated heterocycles. The number of hydrogen-bond donors (Lipinski definition) is 3. The Kier molecular flexibility index (Phi) is 5.62. The molecule has 0 atom stereocenters. The summed E-state index contributed by atoms with van der Waals surface area (Å²) in [5.74, 6) is 1.02. The van der Waals surface area contributed by atoms with Crippen LogP contribution in [0.4, 0.5) is 16.2 Å². The summed E-state index contributed by atoms with van der Waals surface area (Å²) >= 11 is 0. The highest BCUT2D eigenvalue weighted by Crippen LogP contribution is 2.27. The maximum Gasteiger partial charge on any atom is 0.316 e. The predicted octanol–water partition coefficient (Wildman–Crippen LogP) is 2.38.